The van der Waals surface area contributed by atoms with E-state index in [9.17, 15) is 34.2 Å². The van der Waals surface area contributed by atoms with Crippen LogP contribution >= 0.6 is 11.8 Å². The van der Waals surface area contributed by atoms with Gasteiger partial charge < -0.3 is 40.1 Å². The van der Waals surface area contributed by atoms with E-state index in [2.05, 4.69) is 10.6 Å². The lowest BCUT2D eigenvalue weighted by Crippen LogP contribution is -2.55. The summed E-state index contributed by atoms with van der Waals surface area (Å²) >= 11 is 1.57. The molecule has 13 nitrogen and oxygen atoms in total. The van der Waals surface area contributed by atoms with E-state index in [1.165, 1.54) is 23.8 Å². The second-order valence-electron chi connectivity index (χ2n) is 15.8. The number of aliphatic hydroxyl groups is 1. The van der Waals surface area contributed by atoms with Crippen molar-refractivity contribution < 1.29 is 43.7 Å². The summed E-state index contributed by atoms with van der Waals surface area (Å²) in [5.41, 5.74) is 2.59. The Balaban J connectivity index is 3.27. The van der Waals surface area contributed by atoms with Gasteiger partial charge in [0.15, 0.2) is 0 Å². The van der Waals surface area contributed by atoms with Crippen molar-refractivity contribution in [1.82, 2.24) is 20.4 Å². The smallest absolute Gasteiger partial charge is 0.325 e. The monoisotopic (exact) mass is 818 g/mol. The van der Waals surface area contributed by atoms with Crippen LogP contribution in [0.4, 0.5) is 0 Å². The Morgan fingerprint density at radius 3 is 2.05 bits per heavy atom. The summed E-state index contributed by atoms with van der Waals surface area (Å²) in [6.07, 6.45) is 5.53. The zero-order valence-electron chi connectivity index (χ0n) is 36.2. The van der Waals surface area contributed by atoms with E-state index in [0.29, 0.717) is 18.8 Å². The van der Waals surface area contributed by atoms with Crippen LogP contribution in [0.15, 0.2) is 53.6 Å². The molecule has 0 aliphatic carbocycles. The second-order valence-corrected chi connectivity index (χ2v) is 16.6. The molecule has 1 rings (SSSR count). The maximum atomic E-state index is 14.3. The van der Waals surface area contributed by atoms with E-state index in [1.807, 2.05) is 104 Å². The third-order valence-corrected chi connectivity index (χ3v) is 10.2. The molecule has 0 bridgehead atoms. The number of nitrogens with zero attached hydrogens (tertiary/aromatic N) is 2. The number of carbonyl (C=O) groups excluding carboxylic acids is 4. The molecule has 0 unspecified atom stereocenters. The number of aliphatic hydroxyl groups excluding tert-OH is 1. The lowest BCUT2D eigenvalue weighted by Gasteiger charge is -2.33. The predicted octanol–water partition coefficient (Wildman–Crippen LogP) is 5.07. The molecule has 4 N–H and O–H groups in total. The van der Waals surface area contributed by atoms with Gasteiger partial charge in [0.1, 0.15) is 24.2 Å². The number of ether oxygens (including phenoxy) is 2. The van der Waals surface area contributed by atoms with Crippen molar-refractivity contribution in [3.05, 3.63) is 59.2 Å². The number of amides is 4. The third kappa shape index (κ3) is 18.6. The van der Waals surface area contributed by atoms with Crippen LogP contribution in [0, 0.1) is 17.8 Å². The molecular formula is C43H70N4O9S. The highest BCUT2D eigenvalue weighted by Crippen LogP contribution is 2.23. The summed E-state index contributed by atoms with van der Waals surface area (Å²) < 4.78 is 12.4. The summed E-state index contributed by atoms with van der Waals surface area (Å²) in [4.78, 5) is 68.6. The highest BCUT2D eigenvalue weighted by atomic mass is 32.2. The summed E-state index contributed by atoms with van der Waals surface area (Å²) in [6.45, 7) is 16.5. The van der Waals surface area contributed by atoms with Crippen LogP contribution in [0.25, 0.3) is 0 Å². The lowest BCUT2D eigenvalue weighted by atomic mass is 9.91. The van der Waals surface area contributed by atoms with Gasteiger partial charge in [0.05, 0.1) is 31.3 Å². The minimum absolute atomic E-state index is 0.00177. The van der Waals surface area contributed by atoms with E-state index in [1.54, 1.807) is 18.8 Å². The fourth-order valence-corrected chi connectivity index (χ4v) is 6.44. The van der Waals surface area contributed by atoms with Gasteiger partial charge in [-0.1, -0.05) is 82.7 Å². The number of carboxylic acids is 1. The molecule has 0 saturated heterocycles. The van der Waals surface area contributed by atoms with Crippen molar-refractivity contribution in [1.29, 1.82) is 0 Å². The molecule has 0 heterocycles. The zero-order chi connectivity index (χ0) is 43.4. The van der Waals surface area contributed by atoms with Gasteiger partial charge in [-0.3, -0.25) is 24.0 Å². The first-order valence-electron chi connectivity index (χ1n) is 19.8. The molecule has 57 heavy (non-hydrogen) atoms. The minimum Gasteiger partial charge on any atom is -0.480 e. The van der Waals surface area contributed by atoms with Gasteiger partial charge in [-0.2, -0.15) is 0 Å². The first kappa shape index (κ1) is 51.3. The first-order valence-corrected chi connectivity index (χ1v) is 21.2. The minimum atomic E-state index is -1.21. The van der Waals surface area contributed by atoms with E-state index in [-0.39, 0.29) is 49.2 Å². The lowest BCUT2D eigenvalue weighted by molar-refractivity contribution is -0.152. The number of likely N-dealkylation sites (N-methyl/N-ethyl adjacent to an activating group) is 2. The van der Waals surface area contributed by atoms with E-state index >= 15 is 0 Å². The van der Waals surface area contributed by atoms with Gasteiger partial charge in [-0.05, 0) is 76.2 Å². The second kappa shape index (κ2) is 26.3. The van der Waals surface area contributed by atoms with Crippen LogP contribution in [0.3, 0.4) is 0 Å². The maximum Gasteiger partial charge on any atom is 0.325 e. The molecule has 1 aromatic rings. The summed E-state index contributed by atoms with van der Waals surface area (Å²) in [5, 5.41) is 25.2. The molecule has 0 radical (unpaired) electrons. The molecule has 0 aromatic heterocycles. The number of rotatable bonds is 26. The van der Waals surface area contributed by atoms with Crippen molar-refractivity contribution >= 4 is 41.4 Å². The Morgan fingerprint density at radius 1 is 0.895 bits per heavy atom. The number of hydrogen-bond acceptors (Lipinski definition) is 9. The summed E-state index contributed by atoms with van der Waals surface area (Å²) in [7, 11) is 3.04. The highest BCUT2D eigenvalue weighted by molar-refractivity contribution is 7.98. The summed E-state index contributed by atoms with van der Waals surface area (Å²) in [5.74, 6) is -2.86. The van der Waals surface area contributed by atoms with Crippen molar-refractivity contribution in [2.24, 2.45) is 17.8 Å². The van der Waals surface area contributed by atoms with Gasteiger partial charge in [0, 0.05) is 26.4 Å². The van der Waals surface area contributed by atoms with Crippen molar-refractivity contribution in [2.75, 3.05) is 39.4 Å². The van der Waals surface area contributed by atoms with Crippen LogP contribution in [-0.4, -0.2) is 125 Å². The fraction of sp³-hybridized carbons (Fsp3) is 0.651. The van der Waals surface area contributed by atoms with Crippen molar-refractivity contribution in [3.63, 3.8) is 0 Å². The SMILES string of the molecule is C/C=C(\C)[C@@H](O)[C@@H](C)[C@H](C/C=C(\C)CO[C@H](CC(C)C)C(=O)N(C)[C@@H](Cc1ccccc1)C(=O)N(C)CC(=O)N[C@@H](CC(C)C)C(=O)N[C@@H](C)C(=O)O)OCSC. The van der Waals surface area contributed by atoms with Crippen LogP contribution in [0.5, 0.6) is 0 Å². The average Bonchev–Trinajstić information content (AvgIpc) is 3.16. The largest absolute Gasteiger partial charge is 0.480 e. The van der Waals surface area contributed by atoms with Gasteiger partial charge in [0.2, 0.25) is 17.7 Å². The number of carboxylic acid groups (broad SMARTS) is 1. The maximum absolute atomic E-state index is 14.3. The van der Waals surface area contributed by atoms with E-state index in [0.717, 1.165) is 16.7 Å². The number of aliphatic carboxylic acids is 1. The van der Waals surface area contributed by atoms with Gasteiger partial charge in [-0.25, -0.2) is 0 Å². The molecule has 14 heteroatoms. The molecule has 0 saturated carbocycles. The van der Waals surface area contributed by atoms with Crippen molar-refractivity contribution in [3.8, 4) is 0 Å². The van der Waals surface area contributed by atoms with Crippen LogP contribution in [-0.2, 0) is 39.9 Å². The van der Waals surface area contributed by atoms with Crippen LogP contribution < -0.4 is 10.6 Å². The van der Waals surface area contributed by atoms with Gasteiger partial charge >= 0.3 is 5.97 Å². The molecule has 4 amide bonds. The Morgan fingerprint density at radius 2 is 1.51 bits per heavy atom. The number of hydrogen-bond donors (Lipinski definition) is 4. The quantitative estimate of drug-likeness (QED) is 0.0730. The number of thioether (sulfide) groups is 1. The molecule has 0 aliphatic rings. The van der Waals surface area contributed by atoms with Gasteiger partial charge in [0.25, 0.3) is 5.91 Å². The predicted molar refractivity (Wildman–Crippen MR) is 226 cm³/mol. The number of carbonyl (C=O) groups is 5. The Bertz CT molecular complexity index is 1490. The molecule has 1 aromatic carbocycles. The first-order chi connectivity index (χ1) is 26.7. The topological polar surface area (TPSA) is 175 Å². The number of benzene rings is 1. The number of nitrogens with one attached hydrogen (secondary N) is 2. The standard InChI is InChI=1S/C43H70N4O9S/c1-13-30(7)39(49)31(8)36(56-26-57-12)20-19-29(6)25-55-37(22-28(4)5)42(52)47(11)35(23-33-17-15-14-16-18-33)41(51)46(10)24-38(48)45-34(21-27(2)3)40(50)44-32(9)43(53)54/h13-19,27-28,31-32,34-37,39,49H,20-26H2,1-12H3,(H,44,50)(H,45,48)(H,53,54)/b29-19+,30-13+/t31-,32-,34-,35-,36-,37+,39+/m0/s1. The normalized spacial score (nSPS) is 15.9. The summed E-state index contributed by atoms with van der Waals surface area (Å²) in [6, 6.07) is 6.14. The highest BCUT2D eigenvalue weighted by Gasteiger charge is 2.35. The molecule has 0 fully saturated rings. The van der Waals surface area contributed by atoms with Crippen LogP contribution in [0.2, 0.25) is 0 Å². The van der Waals surface area contributed by atoms with E-state index in [4.69, 9.17) is 9.47 Å². The Labute approximate surface area is 345 Å². The molecular weight excluding hydrogens is 749 g/mol. The van der Waals surface area contributed by atoms with Gasteiger partial charge in [-0.15, -0.1) is 11.8 Å². The zero-order valence-corrected chi connectivity index (χ0v) is 37.1. The van der Waals surface area contributed by atoms with Crippen LogP contribution in [0.1, 0.15) is 87.1 Å². The Kier molecular flexibility index (Phi) is 23.7. The molecule has 7 atom stereocenters. The third-order valence-electron chi connectivity index (χ3n) is 9.80. The number of allylic oxidation sites excluding steroid dienone is 1. The molecule has 0 aliphatic heterocycles. The molecule has 0 spiro atoms. The van der Waals surface area contributed by atoms with Crippen molar-refractivity contribution in [2.45, 2.75) is 124 Å². The average molecular weight is 819 g/mol. The Hall–Kier alpha value is -3.72. The fourth-order valence-electron chi connectivity index (χ4n) is 6.13. The molecule has 322 valence electrons. The van der Waals surface area contributed by atoms with E-state index < -0.39 is 60.6 Å².